The van der Waals surface area contributed by atoms with Gasteiger partial charge in [-0.1, -0.05) is 11.6 Å². The third-order valence-corrected chi connectivity index (χ3v) is 2.45. The van der Waals surface area contributed by atoms with E-state index in [-0.39, 0.29) is 6.03 Å². The van der Waals surface area contributed by atoms with Gasteiger partial charge in [0.1, 0.15) is 11.5 Å². The summed E-state index contributed by atoms with van der Waals surface area (Å²) in [4.78, 5) is 11.5. The van der Waals surface area contributed by atoms with Gasteiger partial charge >= 0.3 is 6.03 Å². The molecule has 0 spiro atoms. The highest BCUT2D eigenvalue weighted by molar-refractivity contribution is 6.32. The SMILES string of the molecule is COc1cc(NC(=O)NCCN)c(OC)cc1Cl. The van der Waals surface area contributed by atoms with E-state index in [2.05, 4.69) is 10.6 Å². The van der Waals surface area contributed by atoms with Crippen molar-refractivity contribution >= 4 is 23.3 Å². The van der Waals surface area contributed by atoms with Crippen LogP contribution < -0.4 is 25.8 Å². The first kappa shape index (κ1) is 14.4. The molecule has 0 saturated carbocycles. The number of hydrogen-bond acceptors (Lipinski definition) is 4. The van der Waals surface area contributed by atoms with Crippen LogP contribution in [0.3, 0.4) is 0 Å². The van der Waals surface area contributed by atoms with Gasteiger partial charge in [-0.3, -0.25) is 0 Å². The molecule has 1 aromatic rings. The van der Waals surface area contributed by atoms with Crippen LogP contribution in [-0.4, -0.2) is 33.3 Å². The lowest BCUT2D eigenvalue weighted by Gasteiger charge is -2.13. The number of carbonyl (C=O) groups excluding carboxylic acids is 1. The number of carbonyl (C=O) groups is 1. The molecule has 0 saturated heterocycles. The van der Waals surface area contributed by atoms with Gasteiger partial charge in [0.2, 0.25) is 0 Å². The largest absolute Gasteiger partial charge is 0.495 e. The number of methoxy groups -OCH3 is 2. The van der Waals surface area contributed by atoms with Crippen LogP contribution in [0.15, 0.2) is 12.1 Å². The molecular weight excluding hydrogens is 258 g/mol. The summed E-state index contributed by atoms with van der Waals surface area (Å²) in [5, 5.41) is 5.61. The third kappa shape index (κ3) is 3.68. The van der Waals surface area contributed by atoms with Crippen LogP contribution in [0.1, 0.15) is 0 Å². The molecule has 6 nitrogen and oxygen atoms in total. The van der Waals surface area contributed by atoms with E-state index in [1.54, 1.807) is 12.1 Å². The van der Waals surface area contributed by atoms with Gasteiger partial charge in [0.15, 0.2) is 0 Å². The van der Waals surface area contributed by atoms with Gasteiger partial charge in [-0.25, -0.2) is 4.79 Å². The average molecular weight is 274 g/mol. The summed E-state index contributed by atoms with van der Waals surface area (Å²) in [6.07, 6.45) is 0. The van der Waals surface area contributed by atoms with Gasteiger partial charge in [-0.05, 0) is 0 Å². The quantitative estimate of drug-likeness (QED) is 0.758. The minimum absolute atomic E-state index is 0.370. The number of ether oxygens (including phenoxy) is 2. The fraction of sp³-hybridized carbons (Fsp3) is 0.364. The van der Waals surface area contributed by atoms with Crippen molar-refractivity contribution in [2.45, 2.75) is 0 Å². The summed E-state index contributed by atoms with van der Waals surface area (Å²) in [7, 11) is 2.98. The van der Waals surface area contributed by atoms with Crippen LogP contribution in [0.4, 0.5) is 10.5 Å². The van der Waals surface area contributed by atoms with Crippen molar-refractivity contribution in [2.75, 3.05) is 32.6 Å². The van der Waals surface area contributed by atoms with E-state index < -0.39 is 0 Å². The van der Waals surface area contributed by atoms with Crippen molar-refractivity contribution in [3.63, 3.8) is 0 Å². The molecule has 0 aliphatic heterocycles. The van der Waals surface area contributed by atoms with Gasteiger partial charge in [-0.2, -0.15) is 0 Å². The lowest BCUT2D eigenvalue weighted by molar-refractivity contribution is 0.252. The van der Waals surface area contributed by atoms with Crippen molar-refractivity contribution in [3.05, 3.63) is 17.2 Å². The Morgan fingerprint density at radius 1 is 1.33 bits per heavy atom. The number of amides is 2. The molecular formula is C11H16ClN3O3. The highest BCUT2D eigenvalue weighted by Gasteiger charge is 2.11. The number of nitrogens with one attached hydrogen (secondary N) is 2. The zero-order valence-corrected chi connectivity index (χ0v) is 11.0. The van der Waals surface area contributed by atoms with Gasteiger partial charge in [0.25, 0.3) is 0 Å². The molecule has 0 aliphatic carbocycles. The molecule has 1 aromatic carbocycles. The summed E-state index contributed by atoms with van der Waals surface area (Å²) >= 11 is 5.95. The summed E-state index contributed by atoms with van der Waals surface area (Å²) in [5.41, 5.74) is 5.75. The van der Waals surface area contributed by atoms with E-state index in [1.165, 1.54) is 14.2 Å². The first-order valence-electron chi connectivity index (χ1n) is 5.28. The van der Waals surface area contributed by atoms with Crippen LogP contribution in [0.5, 0.6) is 11.5 Å². The highest BCUT2D eigenvalue weighted by Crippen LogP contribution is 2.35. The molecule has 2 amide bonds. The van der Waals surface area contributed by atoms with Crippen molar-refractivity contribution < 1.29 is 14.3 Å². The van der Waals surface area contributed by atoms with Crippen LogP contribution in [0.25, 0.3) is 0 Å². The van der Waals surface area contributed by atoms with Gasteiger partial charge in [0, 0.05) is 25.2 Å². The molecule has 0 bridgehead atoms. The number of urea groups is 1. The lowest BCUT2D eigenvalue weighted by Crippen LogP contribution is -2.32. The van der Waals surface area contributed by atoms with Crippen molar-refractivity contribution in [1.29, 1.82) is 0 Å². The molecule has 4 N–H and O–H groups in total. The first-order valence-corrected chi connectivity index (χ1v) is 5.66. The maximum Gasteiger partial charge on any atom is 0.319 e. The Morgan fingerprint density at radius 3 is 2.56 bits per heavy atom. The average Bonchev–Trinajstić information content (AvgIpc) is 2.37. The maximum absolute atomic E-state index is 11.5. The molecule has 0 radical (unpaired) electrons. The Balaban J connectivity index is 2.89. The monoisotopic (exact) mass is 273 g/mol. The molecule has 100 valence electrons. The van der Waals surface area contributed by atoms with E-state index in [9.17, 15) is 4.79 Å². The topological polar surface area (TPSA) is 85.6 Å². The normalized spacial score (nSPS) is 9.78. The van der Waals surface area contributed by atoms with E-state index in [1.807, 2.05) is 0 Å². The molecule has 0 aliphatic rings. The molecule has 1 rings (SSSR count). The Labute approximate surface area is 110 Å². The van der Waals surface area contributed by atoms with E-state index >= 15 is 0 Å². The van der Waals surface area contributed by atoms with Crippen molar-refractivity contribution in [3.8, 4) is 11.5 Å². The number of benzene rings is 1. The number of hydrogen-bond donors (Lipinski definition) is 3. The Hall–Kier alpha value is -1.66. The number of halogens is 1. The number of nitrogens with two attached hydrogens (primary N) is 1. The predicted octanol–water partition coefficient (Wildman–Crippen LogP) is 1.44. The summed E-state index contributed by atoms with van der Waals surface area (Å²) < 4.78 is 10.2. The van der Waals surface area contributed by atoms with Crippen molar-refractivity contribution in [2.24, 2.45) is 5.73 Å². The third-order valence-electron chi connectivity index (χ3n) is 2.15. The van der Waals surface area contributed by atoms with Gasteiger partial charge < -0.3 is 25.8 Å². The predicted molar refractivity (Wildman–Crippen MR) is 70.6 cm³/mol. The molecule has 0 aromatic heterocycles. The number of anilines is 1. The first-order chi connectivity index (χ1) is 8.62. The van der Waals surface area contributed by atoms with Gasteiger partial charge in [-0.15, -0.1) is 0 Å². The molecule has 0 heterocycles. The van der Waals surface area contributed by atoms with Gasteiger partial charge in [0.05, 0.1) is 24.9 Å². The maximum atomic E-state index is 11.5. The Kier molecular flexibility index (Phi) is 5.54. The summed E-state index contributed by atoms with van der Waals surface area (Å²) in [6, 6.07) is 2.78. The standard InChI is InChI=1S/C11H16ClN3O3/c1-17-9-6-8(10(18-2)5-7(9)12)15-11(16)14-4-3-13/h5-6H,3-4,13H2,1-2H3,(H2,14,15,16). The van der Waals surface area contributed by atoms with Crippen LogP contribution in [0.2, 0.25) is 5.02 Å². The van der Waals surface area contributed by atoms with Crippen LogP contribution in [-0.2, 0) is 0 Å². The van der Waals surface area contributed by atoms with E-state index in [0.717, 1.165) is 0 Å². The molecule has 7 heteroatoms. The second-order valence-corrected chi connectivity index (χ2v) is 3.76. The zero-order valence-electron chi connectivity index (χ0n) is 10.2. The molecule has 0 unspecified atom stereocenters. The van der Waals surface area contributed by atoms with Crippen molar-refractivity contribution in [1.82, 2.24) is 5.32 Å². The second kappa shape index (κ2) is 6.93. The Bertz CT molecular complexity index is 426. The van der Waals surface area contributed by atoms with E-state index in [0.29, 0.717) is 35.3 Å². The lowest BCUT2D eigenvalue weighted by atomic mass is 10.2. The second-order valence-electron chi connectivity index (χ2n) is 3.36. The van der Waals surface area contributed by atoms with Crippen LogP contribution in [0, 0.1) is 0 Å². The van der Waals surface area contributed by atoms with E-state index in [4.69, 9.17) is 26.8 Å². The minimum Gasteiger partial charge on any atom is -0.495 e. The fourth-order valence-electron chi connectivity index (χ4n) is 1.31. The zero-order chi connectivity index (χ0) is 13.5. The molecule has 0 atom stereocenters. The fourth-order valence-corrected chi connectivity index (χ4v) is 1.54. The molecule has 0 fully saturated rings. The number of rotatable bonds is 5. The summed E-state index contributed by atoms with van der Waals surface area (Å²) in [5.74, 6) is 0.898. The molecule has 18 heavy (non-hydrogen) atoms. The Morgan fingerprint density at radius 2 is 2.00 bits per heavy atom. The smallest absolute Gasteiger partial charge is 0.319 e. The highest BCUT2D eigenvalue weighted by atomic mass is 35.5. The summed E-state index contributed by atoms with van der Waals surface area (Å²) in [6.45, 7) is 0.757. The van der Waals surface area contributed by atoms with Crippen LogP contribution >= 0.6 is 11.6 Å². The minimum atomic E-state index is -0.372.